The van der Waals surface area contributed by atoms with Crippen molar-refractivity contribution in [3.63, 3.8) is 0 Å². The van der Waals surface area contributed by atoms with Crippen molar-refractivity contribution >= 4 is 17.2 Å². The normalized spacial score (nSPS) is 19.5. The highest BCUT2D eigenvalue weighted by Gasteiger charge is 2.28. The molecule has 0 aromatic carbocycles. The molecule has 1 N–H and O–H groups in total. The van der Waals surface area contributed by atoms with Crippen LogP contribution in [0.15, 0.2) is 18.3 Å². The summed E-state index contributed by atoms with van der Waals surface area (Å²) in [6.45, 7) is 6.07. The Labute approximate surface area is 167 Å². The Morgan fingerprint density at radius 2 is 1.93 bits per heavy atom. The van der Waals surface area contributed by atoms with Gasteiger partial charge >= 0.3 is 6.03 Å². The predicted octanol–water partition coefficient (Wildman–Crippen LogP) is 4.31. The lowest BCUT2D eigenvalue weighted by molar-refractivity contribution is 0.165. The number of imidazole rings is 1. The van der Waals surface area contributed by atoms with Crippen molar-refractivity contribution in [2.75, 3.05) is 13.1 Å². The Hall–Kier alpha value is -2.11. The maximum atomic E-state index is 12.7. The third kappa shape index (κ3) is 4.15. The van der Waals surface area contributed by atoms with Gasteiger partial charge in [-0.15, -0.1) is 0 Å². The maximum absolute atomic E-state index is 12.7. The zero-order chi connectivity index (χ0) is 19.5. The standard InChI is InChI=1S/C22H33N5O/c1-16(2)15-20-25-19-9-6-12-23-21(19)27(20)18-10-13-26(14-11-18)22(28)24-17-7-4-3-5-8-17/h6,9,12,16-18H,3-5,7-8,10-11,13-15H2,1-2H3,(H,24,28). The fourth-order valence-corrected chi connectivity index (χ4v) is 4.71. The molecule has 1 saturated heterocycles. The van der Waals surface area contributed by atoms with Crippen LogP contribution >= 0.6 is 0 Å². The van der Waals surface area contributed by atoms with E-state index in [2.05, 4.69) is 34.8 Å². The molecular weight excluding hydrogens is 350 g/mol. The molecule has 6 heteroatoms. The van der Waals surface area contributed by atoms with Crippen LogP contribution in [0.4, 0.5) is 4.79 Å². The topological polar surface area (TPSA) is 63.1 Å². The summed E-state index contributed by atoms with van der Waals surface area (Å²) in [6.07, 6.45) is 10.8. The second-order valence-electron chi connectivity index (χ2n) is 8.84. The van der Waals surface area contributed by atoms with Gasteiger partial charge in [0.1, 0.15) is 11.3 Å². The van der Waals surface area contributed by atoms with Crippen molar-refractivity contribution in [1.29, 1.82) is 0 Å². The van der Waals surface area contributed by atoms with Crippen LogP contribution in [0.25, 0.3) is 11.2 Å². The van der Waals surface area contributed by atoms with Crippen LogP contribution in [0, 0.1) is 5.92 Å². The molecule has 152 valence electrons. The molecule has 1 aliphatic heterocycles. The van der Waals surface area contributed by atoms with Gasteiger partial charge in [0.2, 0.25) is 0 Å². The van der Waals surface area contributed by atoms with Crippen LogP contribution in [-0.2, 0) is 6.42 Å². The lowest BCUT2D eigenvalue weighted by Gasteiger charge is -2.35. The first-order chi connectivity index (χ1) is 13.6. The summed E-state index contributed by atoms with van der Waals surface area (Å²) in [5, 5.41) is 3.26. The molecule has 2 aromatic heterocycles. The van der Waals surface area contributed by atoms with Crippen molar-refractivity contribution in [3.8, 4) is 0 Å². The molecule has 0 bridgehead atoms. The van der Waals surface area contributed by atoms with Gasteiger partial charge in [-0.2, -0.15) is 0 Å². The van der Waals surface area contributed by atoms with E-state index in [4.69, 9.17) is 4.98 Å². The van der Waals surface area contributed by atoms with Crippen molar-refractivity contribution < 1.29 is 4.79 Å². The molecule has 0 unspecified atom stereocenters. The van der Waals surface area contributed by atoms with Crippen molar-refractivity contribution in [1.82, 2.24) is 24.8 Å². The number of hydrogen-bond acceptors (Lipinski definition) is 3. The van der Waals surface area contributed by atoms with Gasteiger partial charge in [0.15, 0.2) is 5.65 Å². The lowest BCUT2D eigenvalue weighted by Crippen LogP contribution is -2.48. The van der Waals surface area contributed by atoms with Gasteiger partial charge in [-0.1, -0.05) is 33.1 Å². The number of amides is 2. The monoisotopic (exact) mass is 383 g/mol. The van der Waals surface area contributed by atoms with Gasteiger partial charge in [0, 0.05) is 37.8 Å². The Balaban J connectivity index is 1.44. The minimum atomic E-state index is 0.126. The van der Waals surface area contributed by atoms with Crippen LogP contribution in [0.3, 0.4) is 0 Å². The second-order valence-corrected chi connectivity index (χ2v) is 8.84. The van der Waals surface area contributed by atoms with E-state index in [1.807, 2.05) is 17.2 Å². The summed E-state index contributed by atoms with van der Waals surface area (Å²) in [5.74, 6) is 1.69. The SMILES string of the molecule is CC(C)Cc1nc2cccnc2n1C1CCN(C(=O)NC2CCCCC2)CC1. The quantitative estimate of drug-likeness (QED) is 0.856. The predicted molar refractivity (Wildman–Crippen MR) is 111 cm³/mol. The van der Waals surface area contributed by atoms with E-state index in [0.717, 1.165) is 62.2 Å². The zero-order valence-corrected chi connectivity index (χ0v) is 17.2. The largest absolute Gasteiger partial charge is 0.335 e. The third-order valence-corrected chi connectivity index (χ3v) is 6.16. The van der Waals surface area contributed by atoms with E-state index in [0.29, 0.717) is 18.0 Å². The first-order valence-electron chi connectivity index (χ1n) is 11.0. The molecule has 2 aliphatic rings. The average molecular weight is 384 g/mol. The molecule has 1 saturated carbocycles. The number of carbonyl (C=O) groups is 1. The first-order valence-corrected chi connectivity index (χ1v) is 11.0. The Morgan fingerprint density at radius 3 is 2.64 bits per heavy atom. The number of rotatable bonds is 4. The van der Waals surface area contributed by atoms with E-state index in [1.54, 1.807) is 0 Å². The number of urea groups is 1. The van der Waals surface area contributed by atoms with Crippen LogP contribution in [-0.4, -0.2) is 44.6 Å². The van der Waals surface area contributed by atoms with Crippen LogP contribution in [0.2, 0.25) is 0 Å². The molecular formula is C22H33N5O. The zero-order valence-electron chi connectivity index (χ0n) is 17.2. The van der Waals surface area contributed by atoms with Crippen LogP contribution in [0.1, 0.15) is 70.7 Å². The Bertz CT molecular complexity index is 800. The van der Waals surface area contributed by atoms with E-state index in [9.17, 15) is 4.79 Å². The number of pyridine rings is 1. The Kier molecular flexibility index (Phi) is 5.83. The minimum absolute atomic E-state index is 0.126. The average Bonchev–Trinajstić information content (AvgIpc) is 3.06. The van der Waals surface area contributed by atoms with Gasteiger partial charge in [-0.05, 0) is 43.7 Å². The molecule has 4 rings (SSSR count). The van der Waals surface area contributed by atoms with Gasteiger partial charge in [-0.25, -0.2) is 14.8 Å². The molecule has 2 fully saturated rings. The van der Waals surface area contributed by atoms with Crippen LogP contribution in [0.5, 0.6) is 0 Å². The summed E-state index contributed by atoms with van der Waals surface area (Å²) in [7, 11) is 0. The number of likely N-dealkylation sites (tertiary alicyclic amines) is 1. The molecule has 6 nitrogen and oxygen atoms in total. The molecule has 28 heavy (non-hydrogen) atoms. The molecule has 2 amide bonds. The van der Waals surface area contributed by atoms with E-state index >= 15 is 0 Å². The number of aromatic nitrogens is 3. The fraction of sp³-hybridized carbons (Fsp3) is 0.682. The highest BCUT2D eigenvalue weighted by Crippen LogP contribution is 2.29. The fourth-order valence-electron chi connectivity index (χ4n) is 4.71. The van der Waals surface area contributed by atoms with Gasteiger partial charge < -0.3 is 14.8 Å². The van der Waals surface area contributed by atoms with E-state index in [1.165, 1.54) is 19.3 Å². The Morgan fingerprint density at radius 1 is 1.18 bits per heavy atom. The molecule has 2 aromatic rings. The summed E-state index contributed by atoms with van der Waals surface area (Å²) in [6, 6.07) is 4.87. The highest BCUT2D eigenvalue weighted by atomic mass is 16.2. The second kappa shape index (κ2) is 8.50. The van der Waals surface area contributed by atoms with Gasteiger partial charge in [-0.3, -0.25) is 0 Å². The summed E-state index contributed by atoms with van der Waals surface area (Å²) >= 11 is 0. The molecule has 0 radical (unpaired) electrons. The van der Waals surface area contributed by atoms with Crippen LogP contribution < -0.4 is 5.32 Å². The first kappa shape index (κ1) is 19.2. The molecule has 0 spiro atoms. The maximum Gasteiger partial charge on any atom is 0.317 e. The summed E-state index contributed by atoms with van der Waals surface area (Å²) in [4.78, 5) is 24.2. The number of hydrogen-bond donors (Lipinski definition) is 1. The van der Waals surface area contributed by atoms with Crippen molar-refractivity contribution in [2.24, 2.45) is 5.92 Å². The number of carbonyl (C=O) groups excluding carboxylic acids is 1. The van der Waals surface area contributed by atoms with E-state index < -0.39 is 0 Å². The smallest absolute Gasteiger partial charge is 0.317 e. The third-order valence-electron chi connectivity index (χ3n) is 6.16. The van der Waals surface area contributed by atoms with Gasteiger partial charge in [0.25, 0.3) is 0 Å². The van der Waals surface area contributed by atoms with E-state index in [-0.39, 0.29) is 6.03 Å². The minimum Gasteiger partial charge on any atom is -0.335 e. The summed E-state index contributed by atoms with van der Waals surface area (Å²) in [5.41, 5.74) is 1.97. The van der Waals surface area contributed by atoms with Crippen molar-refractivity contribution in [2.45, 2.75) is 77.3 Å². The number of piperidine rings is 1. The molecule has 3 heterocycles. The highest BCUT2D eigenvalue weighted by molar-refractivity contribution is 5.75. The molecule has 1 aliphatic carbocycles. The summed E-state index contributed by atoms with van der Waals surface area (Å²) < 4.78 is 2.35. The number of nitrogens with zero attached hydrogens (tertiary/aromatic N) is 4. The number of fused-ring (bicyclic) bond motifs is 1. The lowest BCUT2D eigenvalue weighted by atomic mass is 9.95. The number of nitrogens with one attached hydrogen (secondary N) is 1. The molecule has 0 atom stereocenters. The van der Waals surface area contributed by atoms with Gasteiger partial charge in [0.05, 0.1) is 0 Å². The van der Waals surface area contributed by atoms with Crippen molar-refractivity contribution in [3.05, 3.63) is 24.2 Å².